The maximum absolute atomic E-state index is 11.9. The lowest BCUT2D eigenvalue weighted by Crippen LogP contribution is -1.99. The van der Waals surface area contributed by atoms with Crippen molar-refractivity contribution in [2.75, 3.05) is 0 Å². The molecule has 15 heavy (non-hydrogen) atoms. The maximum atomic E-state index is 11.9. The topological polar surface area (TPSA) is 30.0 Å². The molecule has 2 heterocycles. The molecule has 0 amide bonds. The van der Waals surface area contributed by atoms with Gasteiger partial charge in [-0.15, -0.1) is 11.3 Å². The number of ketones is 1. The van der Waals surface area contributed by atoms with Crippen molar-refractivity contribution in [1.82, 2.24) is 4.98 Å². The molecule has 0 unspecified atom stereocenters. The molecule has 76 valence electrons. The quantitative estimate of drug-likeness (QED) is 0.607. The van der Waals surface area contributed by atoms with Crippen molar-refractivity contribution in [3.8, 4) is 0 Å². The van der Waals surface area contributed by atoms with Crippen molar-refractivity contribution in [3.05, 3.63) is 50.4 Å². The molecule has 0 saturated heterocycles. The Bertz CT molecular complexity index is 492. The second-order valence-corrected chi connectivity index (χ2v) is 4.51. The third kappa shape index (κ3) is 2.20. The summed E-state index contributed by atoms with van der Waals surface area (Å²) in [6.45, 7) is 0. The molecule has 0 N–H and O–H groups in total. The number of thiophene rings is 1. The van der Waals surface area contributed by atoms with Crippen molar-refractivity contribution in [3.63, 3.8) is 0 Å². The van der Waals surface area contributed by atoms with E-state index in [1.807, 2.05) is 0 Å². The van der Waals surface area contributed by atoms with E-state index in [1.54, 1.807) is 23.6 Å². The van der Waals surface area contributed by atoms with Crippen LogP contribution in [0, 0.1) is 0 Å². The van der Waals surface area contributed by atoms with E-state index in [-0.39, 0.29) is 5.78 Å². The van der Waals surface area contributed by atoms with Gasteiger partial charge < -0.3 is 0 Å². The van der Waals surface area contributed by atoms with E-state index in [1.165, 1.54) is 17.5 Å². The van der Waals surface area contributed by atoms with Gasteiger partial charge in [0.1, 0.15) is 5.15 Å². The number of aromatic nitrogens is 1. The van der Waals surface area contributed by atoms with Crippen LogP contribution in [0.1, 0.15) is 15.2 Å². The Hall–Kier alpha value is -0.900. The largest absolute Gasteiger partial charge is 0.288 e. The Morgan fingerprint density at radius 2 is 2.07 bits per heavy atom. The summed E-state index contributed by atoms with van der Waals surface area (Å²) in [5.74, 6) is -0.126. The summed E-state index contributed by atoms with van der Waals surface area (Å²) in [6, 6.07) is 4.91. The summed E-state index contributed by atoms with van der Waals surface area (Å²) in [5, 5.41) is 2.61. The smallest absolute Gasteiger partial charge is 0.206 e. The fourth-order valence-corrected chi connectivity index (χ4v) is 2.31. The molecule has 2 nitrogen and oxygen atoms in total. The van der Waals surface area contributed by atoms with Crippen molar-refractivity contribution in [1.29, 1.82) is 0 Å². The van der Waals surface area contributed by atoms with E-state index >= 15 is 0 Å². The van der Waals surface area contributed by atoms with Gasteiger partial charge in [-0.2, -0.15) is 0 Å². The molecular weight excluding hydrogens is 253 g/mol. The number of hydrogen-bond donors (Lipinski definition) is 0. The second-order valence-electron chi connectivity index (χ2n) is 2.80. The number of carbonyl (C=O) groups excluding carboxylic acids is 1. The van der Waals surface area contributed by atoms with Gasteiger partial charge >= 0.3 is 0 Å². The minimum absolute atomic E-state index is 0.126. The van der Waals surface area contributed by atoms with Crippen molar-refractivity contribution < 1.29 is 4.79 Å². The van der Waals surface area contributed by atoms with Crippen molar-refractivity contribution >= 4 is 40.3 Å². The minimum Gasteiger partial charge on any atom is -0.288 e. The van der Waals surface area contributed by atoms with Crippen LogP contribution >= 0.6 is 34.5 Å². The van der Waals surface area contributed by atoms with Crippen LogP contribution in [0.3, 0.4) is 0 Å². The summed E-state index contributed by atoms with van der Waals surface area (Å²) in [4.78, 5) is 16.3. The van der Waals surface area contributed by atoms with Crippen LogP contribution in [-0.4, -0.2) is 10.8 Å². The number of rotatable bonds is 2. The van der Waals surface area contributed by atoms with Gasteiger partial charge in [0.25, 0.3) is 0 Å². The number of halogens is 2. The zero-order valence-electron chi connectivity index (χ0n) is 7.41. The molecule has 0 aromatic carbocycles. The minimum atomic E-state index is -0.126. The molecule has 0 fully saturated rings. The third-order valence-electron chi connectivity index (χ3n) is 1.81. The molecule has 2 aromatic rings. The van der Waals surface area contributed by atoms with E-state index in [0.717, 1.165) is 0 Å². The zero-order valence-corrected chi connectivity index (χ0v) is 9.73. The van der Waals surface area contributed by atoms with Crippen molar-refractivity contribution in [2.45, 2.75) is 0 Å². The molecule has 0 radical (unpaired) electrons. The van der Waals surface area contributed by atoms with E-state index in [9.17, 15) is 4.79 Å². The lowest BCUT2D eigenvalue weighted by atomic mass is 10.1. The molecule has 0 spiro atoms. The highest BCUT2D eigenvalue weighted by Gasteiger charge is 2.14. The predicted molar refractivity (Wildman–Crippen MR) is 62.0 cm³/mol. The van der Waals surface area contributed by atoms with Gasteiger partial charge in [-0.25, -0.2) is 4.98 Å². The Morgan fingerprint density at radius 1 is 1.27 bits per heavy atom. The predicted octanol–water partition coefficient (Wildman–Crippen LogP) is 3.68. The first-order valence-corrected chi connectivity index (χ1v) is 5.71. The molecule has 0 bridgehead atoms. The fraction of sp³-hybridized carbons (Fsp3) is 0. The monoisotopic (exact) mass is 257 g/mol. The Balaban J connectivity index is 2.37. The van der Waals surface area contributed by atoms with Crippen LogP contribution in [0.15, 0.2) is 29.8 Å². The number of hydrogen-bond acceptors (Lipinski definition) is 3. The first-order valence-electron chi connectivity index (χ1n) is 4.08. The fourth-order valence-electron chi connectivity index (χ4n) is 1.10. The molecule has 0 saturated carbocycles. The van der Waals surface area contributed by atoms with Gasteiger partial charge in [0.2, 0.25) is 5.78 Å². The summed E-state index contributed by atoms with van der Waals surface area (Å²) in [5.41, 5.74) is 0.490. The molecule has 5 heteroatoms. The van der Waals surface area contributed by atoms with Crippen LogP contribution in [0.2, 0.25) is 10.2 Å². The van der Waals surface area contributed by atoms with Gasteiger partial charge in [-0.3, -0.25) is 4.79 Å². The number of carbonyl (C=O) groups is 1. The van der Waals surface area contributed by atoms with Crippen molar-refractivity contribution in [2.24, 2.45) is 0 Å². The normalized spacial score (nSPS) is 10.3. The average molecular weight is 258 g/mol. The third-order valence-corrected chi connectivity index (χ3v) is 3.38. The van der Waals surface area contributed by atoms with Gasteiger partial charge in [0, 0.05) is 11.8 Å². The molecule has 0 aliphatic carbocycles. The van der Waals surface area contributed by atoms with Crippen LogP contribution in [0.5, 0.6) is 0 Å². The molecule has 2 rings (SSSR count). The Labute approximate surface area is 100 Å². The molecule has 0 aliphatic heterocycles. The summed E-state index contributed by atoms with van der Waals surface area (Å²) in [6.07, 6.45) is 1.45. The number of pyridine rings is 1. The van der Waals surface area contributed by atoms with E-state index in [2.05, 4.69) is 4.98 Å². The lowest BCUT2D eigenvalue weighted by Gasteiger charge is -1.98. The van der Waals surface area contributed by atoms with E-state index < -0.39 is 0 Å². The highest BCUT2D eigenvalue weighted by atomic mass is 35.5. The summed E-state index contributed by atoms with van der Waals surface area (Å²) in [7, 11) is 0. The highest BCUT2D eigenvalue weighted by Crippen LogP contribution is 2.24. The summed E-state index contributed by atoms with van der Waals surface area (Å²) < 4.78 is 0. The first-order chi connectivity index (χ1) is 7.18. The summed E-state index contributed by atoms with van der Waals surface area (Å²) >= 11 is 12.8. The molecular formula is C10H5Cl2NOS. The van der Waals surface area contributed by atoms with Gasteiger partial charge in [-0.1, -0.05) is 23.2 Å². The number of nitrogens with zero attached hydrogens (tertiary/aromatic N) is 1. The first kappa shape index (κ1) is 10.6. The standard InChI is InChI=1S/C10H5Cl2NOS/c11-7-3-4-15-10(7)9(14)6-1-2-8(12)13-5-6/h1-5H. The van der Waals surface area contributed by atoms with Crippen LogP contribution < -0.4 is 0 Å². The Morgan fingerprint density at radius 3 is 2.60 bits per heavy atom. The van der Waals surface area contributed by atoms with Crippen LogP contribution in [0.25, 0.3) is 0 Å². The van der Waals surface area contributed by atoms with E-state index in [0.29, 0.717) is 20.6 Å². The second kappa shape index (κ2) is 4.31. The molecule has 0 aliphatic rings. The SMILES string of the molecule is O=C(c1ccc(Cl)nc1)c1sccc1Cl. The van der Waals surface area contributed by atoms with Gasteiger partial charge in [0.05, 0.1) is 9.90 Å². The van der Waals surface area contributed by atoms with E-state index in [4.69, 9.17) is 23.2 Å². The Kier molecular flexibility index (Phi) is 3.05. The molecule has 2 aromatic heterocycles. The average Bonchev–Trinajstić information content (AvgIpc) is 2.65. The molecule has 0 atom stereocenters. The zero-order chi connectivity index (χ0) is 10.8. The van der Waals surface area contributed by atoms with Crippen LogP contribution in [0.4, 0.5) is 0 Å². The van der Waals surface area contributed by atoms with Gasteiger partial charge in [-0.05, 0) is 23.6 Å². The highest BCUT2D eigenvalue weighted by molar-refractivity contribution is 7.13. The lowest BCUT2D eigenvalue weighted by molar-refractivity contribution is 0.104. The van der Waals surface area contributed by atoms with Gasteiger partial charge in [0.15, 0.2) is 0 Å². The maximum Gasteiger partial charge on any atom is 0.206 e. The van der Waals surface area contributed by atoms with Crippen LogP contribution in [-0.2, 0) is 0 Å².